The molecule has 0 spiro atoms. The van der Waals surface area contributed by atoms with Crippen LogP contribution in [0.2, 0.25) is 0 Å². The van der Waals surface area contributed by atoms with E-state index in [1.54, 1.807) is 13.2 Å². The molecule has 23 heavy (non-hydrogen) atoms. The molecule has 1 heterocycles. The quantitative estimate of drug-likeness (QED) is 0.333. The first-order valence-electron chi connectivity index (χ1n) is 7.78. The SMILES string of the molecule is CCNC(=NCCOC)N1CCN(c2ccccc2F)CC1.I. The highest BCUT2D eigenvalue weighted by molar-refractivity contribution is 14.0. The van der Waals surface area contributed by atoms with Crippen molar-refractivity contribution in [2.75, 3.05) is 57.9 Å². The Morgan fingerprint density at radius 3 is 2.57 bits per heavy atom. The second-order valence-corrected chi connectivity index (χ2v) is 5.15. The Morgan fingerprint density at radius 1 is 1.26 bits per heavy atom. The molecule has 1 aromatic rings. The van der Waals surface area contributed by atoms with Crippen molar-refractivity contribution in [3.63, 3.8) is 0 Å². The molecule has 0 atom stereocenters. The topological polar surface area (TPSA) is 40.1 Å². The number of piperazine rings is 1. The fourth-order valence-electron chi connectivity index (χ4n) is 2.54. The van der Waals surface area contributed by atoms with Crippen LogP contribution in [-0.2, 0) is 4.74 Å². The van der Waals surface area contributed by atoms with E-state index < -0.39 is 0 Å². The molecule has 1 aromatic carbocycles. The van der Waals surface area contributed by atoms with Gasteiger partial charge in [-0.1, -0.05) is 12.1 Å². The number of nitrogens with zero attached hydrogens (tertiary/aromatic N) is 3. The first kappa shape index (κ1) is 20.0. The van der Waals surface area contributed by atoms with E-state index in [1.807, 2.05) is 12.1 Å². The van der Waals surface area contributed by atoms with E-state index in [-0.39, 0.29) is 29.8 Å². The smallest absolute Gasteiger partial charge is 0.194 e. The second-order valence-electron chi connectivity index (χ2n) is 5.15. The predicted molar refractivity (Wildman–Crippen MR) is 103 cm³/mol. The molecular formula is C16H26FIN4O. The van der Waals surface area contributed by atoms with Crippen molar-refractivity contribution in [1.82, 2.24) is 10.2 Å². The summed E-state index contributed by atoms with van der Waals surface area (Å²) in [4.78, 5) is 8.86. The number of hydrogen-bond acceptors (Lipinski definition) is 3. The molecule has 0 radical (unpaired) electrons. The number of guanidine groups is 1. The number of methoxy groups -OCH3 is 1. The molecule has 7 heteroatoms. The van der Waals surface area contributed by atoms with Gasteiger partial charge in [0.05, 0.1) is 18.8 Å². The Morgan fingerprint density at radius 2 is 1.96 bits per heavy atom. The zero-order valence-corrected chi connectivity index (χ0v) is 16.1. The summed E-state index contributed by atoms with van der Waals surface area (Å²) in [6.07, 6.45) is 0. The molecule has 1 aliphatic rings. The van der Waals surface area contributed by atoms with Crippen molar-refractivity contribution in [2.24, 2.45) is 4.99 Å². The van der Waals surface area contributed by atoms with E-state index in [0.29, 0.717) is 18.8 Å². The van der Waals surface area contributed by atoms with E-state index in [9.17, 15) is 4.39 Å². The summed E-state index contributed by atoms with van der Waals surface area (Å²) < 4.78 is 18.9. The molecule has 2 rings (SSSR count). The van der Waals surface area contributed by atoms with Gasteiger partial charge >= 0.3 is 0 Å². The third-order valence-electron chi connectivity index (χ3n) is 3.66. The van der Waals surface area contributed by atoms with Crippen LogP contribution in [0.15, 0.2) is 29.3 Å². The van der Waals surface area contributed by atoms with Crippen molar-refractivity contribution in [3.05, 3.63) is 30.1 Å². The first-order valence-corrected chi connectivity index (χ1v) is 7.78. The Balaban J connectivity index is 0.00000264. The van der Waals surface area contributed by atoms with Crippen LogP contribution < -0.4 is 10.2 Å². The van der Waals surface area contributed by atoms with Gasteiger partial charge in [-0.3, -0.25) is 4.99 Å². The Hall–Kier alpha value is -1.09. The number of aliphatic imine (C=N–C) groups is 1. The summed E-state index contributed by atoms with van der Waals surface area (Å²) in [5.74, 6) is 0.754. The van der Waals surface area contributed by atoms with E-state index in [2.05, 4.69) is 27.0 Å². The van der Waals surface area contributed by atoms with Gasteiger partial charge < -0.3 is 19.9 Å². The summed E-state index contributed by atoms with van der Waals surface area (Å²) in [5.41, 5.74) is 0.684. The van der Waals surface area contributed by atoms with Crippen LogP contribution in [0.3, 0.4) is 0 Å². The van der Waals surface area contributed by atoms with E-state index in [1.165, 1.54) is 6.07 Å². The van der Waals surface area contributed by atoms with Crippen molar-refractivity contribution >= 4 is 35.6 Å². The molecule has 1 fully saturated rings. The number of hydrogen-bond donors (Lipinski definition) is 1. The Labute approximate surface area is 154 Å². The minimum absolute atomic E-state index is 0. The summed E-state index contributed by atoms with van der Waals surface area (Å²) in [6, 6.07) is 6.95. The summed E-state index contributed by atoms with van der Waals surface area (Å²) >= 11 is 0. The van der Waals surface area contributed by atoms with Crippen molar-refractivity contribution in [3.8, 4) is 0 Å². The number of halogens is 2. The number of anilines is 1. The molecule has 1 N–H and O–H groups in total. The zero-order valence-electron chi connectivity index (χ0n) is 13.8. The fourth-order valence-corrected chi connectivity index (χ4v) is 2.54. The van der Waals surface area contributed by atoms with Crippen LogP contribution in [0.4, 0.5) is 10.1 Å². The third kappa shape index (κ3) is 5.80. The van der Waals surface area contributed by atoms with E-state index >= 15 is 0 Å². The van der Waals surface area contributed by atoms with Crippen LogP contribution in [0.25, 0.3) is 0 Å². The van der Waals surface area contributed by atoms with Gasteiger partial charge in [-0.15, -0.1) is 24.0 Å². The lowest BCUT2D eigenvalue weighted by Crippen LogP contribution is -2.52. The molecule has 1 aliphatic heterocycles. The molecular weight excluding hydrogens is 410 g/mol. The molecule has 5 nitrogen and oxygen atoms in total. The fraction of sp³-hybridized carbons (Fsp3) is 0.562. The predicted octanol–water partition coefficient (Wildman–Crippen LogP) is 2.18. The summed E-state index contributed by atoms with van der Waals surface area (Å²) in [5, 5.41) is 3.30. The number of nitrogens with one attached hydrogen (secondary N) is 1. The lowest BCUT2D eigenvalue weighted by atomic mass is 10.2. The van der Waals surface area contributed by atoms with E-state index in [0.717, 1.165) is 38.7 Å². The molecule has 0 aromatic heterocycles. The molecule has 1 saturated heterocycles. The number of ether oxygens (including phenoxy) is 1. The minimum Gasteiger partial charge on any atom is -0.383 e. The number of benzene rings is 1. The van der Waals surface area contributed by atoms with Crippen molar-refractivity contribution in [1.29, 1.82) is 0 Å². The van der Waals surface area contributed by atoms with Gasteiger partial charge in [-0.2, -0.15) is 0 Å². The minimum atomic E-state index is -0.156. The second kappa shape index (κ2) is 10.6. The van der Waals surface area contributed by atoms with Gasteiger partial charge in [-0.05, 0) is 19.1 Å². The lowest BCUT2D eigenvalue weighted by Gasteiger charge is -2.37. The van der Waals surface area contributed by atoms with Gasteiger partial charge in [-0.25, -0.2) is 4.39 Å². The van der Waals surface area contributed by atoms with E-state index in [4.69, 9.17) is 4.74 Å². The highest BCUT2D eigenvalue weighted by Gasteiger charge is 2.21. The van der Waals surface area contributed by atoms with Crippen LogP contribution in [0.1, 0.15) is 6.92 Å². The zero-order chi connectivity index (χ0) is 15.8. The van der Waals surface area contributed by atoms with Crippen LogP contribution in [0, 0.1) is 5.82 Å². The average molecular weight is 436 g/mol. The van der Waals surface area contributed by atoms with Crippen LogP contribution in [0.5, 0.6) is 0 Å². The Bertz CT molecular complexity index is 493. The molecule has 0 amide bonds. The molecule has 0 unspecified atom stereocenters. The standard InChI is InChI=1S/C16H25FN4O.HI/c1-3-18-16(19-8-13-22-2)21-11-9-20(10-12-21)15-7-5-4-6-14(15)17;/h4-7H,3,8-13H2,1-2H3,(H,18,19);1H. The maximum absolute atomic E-state index is 13.9. The molecule has 0 aliphatic carbocycles. The highest BCUT2D eigenvalue weighted by Crippen LogP contribution is 2.20. The Kier molecular flexibility index (Phi) is 9.23. The van der Waals surface area contributed by atoms with Crippen molar-refractivity contribution in [2.45, 2.75) is 6.92 Å². The van der Waals surface area contributed by atoms with Gasteiger partial charge in [0.25, 0.3) is 0 Å². The normalized spacial score (nSPS) is 15.3. The maximum atomic E-state index is 13.9. The summed E-state index contributed by atoms with van der Waals surface area (Å²) in [6.45, 7) is 7.38. The largest absolute Gasteiger partial charge is 0.383 e. The van der Waals surface area contributed by atoms with Gasteiger partial charge in [0.2, 0.25) is 0 Å². The van der Waals surface area contributed by atoms with Crippen LogP contribution >= 0.6 is 24.0 Å². The molecule has 0 saturated carbocycles. The van der Waals surface area contributed by atoms with Gasteiger partial charge in [0.1, 0.15) is 5.82 Å². The molecule has 0 bridgehead atoms. The lowest BCUT2D eigenvalue weighted by molar-refractivity contribution is 0.207. The van der Waals surface area contributed by atoms with Crippen LogP contribution in [-0.4, -0.2) is 63.8 Å². The third-order valence-corrected chi connectivity index (χ3v) is 3.66. The van der Waals surface area contributed by atoms with Gasteiger partial charge in [0, 0.05) is 39.8 Å². The number of rotatable bonds is 5. The molecule has 130 valence electrons. The monoisotopic (exact) mass is 436 g/mol. The summed E-state index contributed by atoms with van der Waals surface area (Å²) in [7, 11) is 1.68. The number of para-hydroxylation sites is 1. The highest BCUT2D eigenvalue weighted by atomic mass is 127. The average Bonchev–Trinajstić information content (AvgIpc) is 2.55. The maximum Gasteiger partial charge on any atom is 0.194 e. The van der Waals surface area contributed by atoms with Gasteiger partial charge in [0.15, 0.2) is 5.96 Å². The van der Waals surface area contributed by atoms with Crippen molar-refractivity contribution < 1.29 is 9.13 Å². The first-order chi connectivity index (χ1) is 10.8.